The Labute approximate surface area is 86.6 Å². The number of carbonyl (C=O) groups is 1. The molecule has 14 heavy (non-hydrogen) atoms. The van der Waals surface area contributed by atoms with Crippen molar-refractivity contribution in [3.8, 4) is 0 Å². The summed E-state index contributed by atoms with van der Waals surface area (Å²) in [6.45, 7) is 5.42. The first kappa shape index (κ1) is 11.5. The van der Waals surface area contributed by atoms with Crippen molar-refractivity contribution in [2.75, 3.05) is 13.1 Å². The molecule has 0 spiro atoms. The van der Waals surface area contributed by atoms with Crippen LogP contribution in [0, 0.1) is 5.92 Å². The van der Waals surface area contributed by atoms with Crippen LogP contribution in [0.5, 0.6) is 0 Å². The van der Waals surface area contributed by atoms with E-state index >= 15 is 0 Å². The second kappa shape index (κ2) is 6.02. The topological polar surface area (TPSA) is 41.1 Å². The standard InChI is InChI=1S/C11H22N2O/c1-3-12-11(14)8-13-10-7-5-4-6-9(10)2/h9-10,13H,3-8H2,1-2H3,(H,12,14). The van der Waals surface area contributed by atoms with Crippen LogP contribution in [-0.2, 0) is 4.79 Å². The predicted octanol–water partition coefficient (Wildman–Crippen LogP) is 1.29. The van der Waals surface area contributed by atoms with Crippen molar-refractivity contribution in [3.05, 3.63) is 0 Å². The van der Waals surface area contributed by atoms with Crippen LogP contribution in [0.1, 0.15) is 39.5 Å². The molecular formula is C11H22N2O. The maximum Gasteiger partial charge on any atom is 0.233 e. The van der Waals surface area contributed by atoms with Gasteiger partial charge in [0.1, 0.15) is 0 Å². The van der Waals surface area contributed by atoms with E-state index < -0.39 is 0 Å². The first-order valence-corrected chi connectivity index (χ1v) is 5.74. The summed E-state index contributed by atoms with van der Waals surface area (Å²) >= 11 is 0. The summed E-state index contributed by atoms with van der Waals surface area (Å²) in [6.07, 6.45) is 5.17. The molecule has 0 heterocycles. The van der Waals surface area contributed by atoms with Gasteiger partial charge in [0, 0.05) is 12.6 Å². The fourth-order valence-electron chi connectivity index (χ4n) is 2.10. The van der Waals surface area contributed by atoms with E-state index in [1.54, 1.807) is 0 Å². The van der Waals surface area contributed by atoms with Gasteiger partial charge in [0.05, 0.1) is 6.54 Å². The van der Waals surface area contributed by atoms with E-state index in [4.69, 9.17) is 0 Å². The highest BCUT2D eigenvalue weighted by Gasteiger charge is 2.20. The Bertz CT molecular complexity index is 182. The molecule has 3 nitrogen and oxygen atoms in total. The van der Waals surface area contributed by atoms with E-state index in [0.29, 0.717) is 12.6 Å². The van der Waals surface area contributed by atoms with Gasteiger partial charge >= 0.3 is 0 Å². The second-order valence-corrected chi connectivity index (χ2v) is 4.20. The molecule has 0 aromatic heterocycles. The van der Waals surface area contributed by atoms with Crippen LogP contribution >= 0.6 is 0 Å². The Balaban J connectivity index is 2.19. The Morgan fingerprint density at radius 3 is 2.71 bits per heavy atom. The van der Waals surface area contributed by atoms with E-state index in [2.05, 4.69) is 17.6 Å². The van der Waals surface area contributed by atoms with Crippen LogP contribution < -0.4 is 10.6 Å². The molecule has 2 N–H and O–H groups in total. The van der Waals surface area contributed by atoms with Crippen molar-refractivity contribution in [2.45, 2.75) is 45.6 Å². The van der Waals surface area contributed by atoms with Gasteiger partial charge in [-0.1, -0.05) is 19.8 Å². The van der Waals surface area contributed by atoms with Crippen molar-refractivity contribution >= 4 is 5.91 Å². The average Bonchev–Trinajstić information content (AvgIpc) is 2.17. The highest BCUT2D eigenvalue weighted by atomic mass is 16.1. The van der Waals surface area contributed by atoms with Crippen molar-refractivity contribution < 1.29 is 4.79 Å². The fourth-order valence-corrected chi connectivity index (χ4v) is 2.10. The zero-order valence-corrected chi connectivity index (χ0v) is 9.31. The quantitative estimate of drug-likeness (QED) is 0.714. The van der Waals surface area contributed by atoms with Gasteiger partial charge in [0.25, 0.3) is 0 Å². The van der Waals surface area contributed by atoms with E-state index in [-0.39, 0.29) is 5.91 Å². The lowest BCUT2D eigenvalue weighted by Crippen LogP contribution is -2.43. The fraction of sp³-hybridized carbons (Fsp3) is 0.909. The third-order valence-corrected chi connectivity index (χ3v) is 3.01. The van der Waals surface area contributed by atoms with Gasteiger partial charge in [-0.05, 0) is 25.7 Å². The van der Waals surface area contributed by atoms with E-state index in [1.165, 1.54) is 25.7 Å². The van der Waals surface area contributed by atoms with E-state index in [1.807, 2.05) is 6.92 Å². The van der Waals surface area contributed by atoms with Crippen molar-refractivity contribution in [1.29, 1.82) is 0 Å². The van der Waals surface area contributed by atoms with Crippen LogP contribution in [0.15, 0.2) is 0 Å². The highest BCUT2D eigenvalue weighted by molar-refractivity contribution is 5.77. The van der Waals surface area contributed by atoms with Crippen LogP contribution in [-0.4, -0.2) is 25.0 Å². The van der Waals surface area contributed by atoms with Crippen LogP contribution in [0.2, 0.25) is 0 Å². The summed E-state index contributed by atoms with van der Waals surface area (Å²) in [7, 11) is 0. The van der Waals surface area contributed by atoms with E-state index in [9.17, 15) is 4.79 Å². The highest BCUT2D eigenvalue weighted by Crippen LogP contribution is 2.23. The molecule has 0 aromatic carbocycles. The smallest absolute Gasteiger partial charge is 0.233 e. The van der Waals surface area contributed by atoms with Gasteiger partial charge in [-0.15, -0.1) is 0 Å². The van der Waals surface area contributed by atoms with Gasteiger partial charge in [0.2, 0.25) is 5.91 Å². The van der Waals surface area contributed by atoms with Gasteiger partial charge < -0.3 is 10.6 Å². The van der Waals surface area contributed by atoms with Crippen molar-refractivity contribution in [2.24, 2.45) is 5.92 Å². The summed E-state index contributed by atoms with van der Waals surface area (Å²) in [5, 5.41) is 6.14. The van der Waals surface area contributed by atoms with Gasteiger partial charge in [0.15, 0.2) is 0 Å². The number of amides is 1. The largest absolute Gasteiger partial charge is 0.355 e. The maximum atomic E-state index is 11.2. The number of hydrogen-bond donors (Lipinski definition) is 2. The molecule has 82 valence electrons. The number of likely N-dealkylation sites (N-methyl/N-ethyl adjacent to an activating group) is 1. The summed E-state index contributed by atoms with van der Waals surface area (Å²) in [5.74, 6) is 0.837. The summed E-state index contributed by atoms with van der Waals surface area (Å²) in [5.41, 5.74) is 0. The van der Waals surface area contributed by atoms with Gasteiger partial charge in [-0.25, -0.2) is 0 Å². The molecule has 0 saturated heterocycles. The second-order valence-electron chi connectivity index (χ2n) is 4.20. The minimum absolute atomic E-state index is 0.116. The van der Waals surface area contributed by atoms with Gasteiger partial charge in [-0.2, -0.15) is 0 Å². The van der Waals surface area contributed by atoms with Crippen molar-refractivity contribution in [3.63, 3.8) is 0 Å². The first-order chi connectivity index (χ1) is 6.74. The lowest BCUT2D eigenvalue weighted by molar-refractivity contribution is -0.120. The number of rotatable bonds is 4. The molecule has 0 aliphatic heterocycles. The Morgan fingerprint density at radius 2 is 2.07 bits per heavy atom. The predicted molar refractivity (Wildman–Crippen MR) is 58.1 cm³/mol. The summed E-state index contributed by atoms with van der Waals surface area (Å²) in [4.78, 5) is 11.2. The molecular weight excluding hydrogens is 176 g/mol. The first-order valence-electron chi connectivity index (χ1n) is 5.74. The monoisotopic (exact) mass is 198 g/mol. The SMILES string of the molecule is CCNC(=O)CNC1CCCCC1C. The van der Waals surface area contributed by atoms with Crippen LogP contribution in [0.4, 0.5) is 0 Å². The third kappa shape index (κ3) is 3.66. The molecule has 1 aliphatic carbocycles. The molecule has 1 aliphatic rings. The number of hydrogen-bond acceptors (Lipinski definition) is 2. The Hall–Kier alpha value is -0.570. The van der Waals surface area contributed by atoms with Crippen molar-refractivity contribution in [1.82, 2.24) is 10.6 Å². The third-order valence-electron chi connectivity index (χ3n) is 3.01. The molecule has 0 radical (unpaired) electrons. The molecule has 2 atom stereocenters. The minimum Gasteiger partial charge on any atom is -0.355 e. The molecule has 0 aromatic rings. The average molecular weight is 198 g/mol. The molecule has 2 unspecified atom stereocenters. The molecule has 0 bridgehead atoms. The number of carbonyl (C=O) groups excluding carboxylic acids is 1. The zero-order chi connectivity index (χ0) is 10.4. The summed E-state index contributed by atoms with van der Waals surface area (Å²) < 4.78 is 0. The van der Waals surface area contributed by atoms with E-state index in [0.717, 1.165) is 12.5 Å². The molecule has 1 amide bonds. The lowest BCUT2D eigenvalue weighted by atomic mass is 9.86. The number of nitrogens with one attached hydrogen (secondary N) is 2. The molecule has 1 fully saturated rings. The lowest BCUT2D eigenvalue weighted by Gasteiger charge is -2.29. The molecule has 1 saturated carbocycles. The molecule has 1 rings (SSSR count). The molecule has 3 heteroatoms. The normalized spacial score (nSPS) is 27.3. The Kier molecular flexibility index (Phi) is 4.94. The minimum atomic E-state index is 0.116. The summed E-state index contributed by atoms with van der Waals surface area (Å²) in [6, 6.07) is 0.548. The van der Waals surface area contributed by atoms with Gasteiger partial charge in [-0.3, -0.25) is 4.79 Å². The van der Waals surface area contributed by atoms with Crippen LogP contribution in [0.25, 0.3) is 0 Å². The van der Waals surface area contributed by atoms with Crippen LogP contribution in [0.3, 0.4) is 0 Å². The Morgan fingerprint density at radius 1 is 1.36 bits per heavy atom. The maximum absolute atomic E-state index is 11.2. The zero-order valence-electron chi connectivity index (χ0n) is 9.31.